The normalized spacial score (nSPS) is 10.3. The Hall–Kier alpha value is -3.16. The molecule has 2 aromatic rings. The third-order valence-corrected chi connectivity index (χ3v) is 3.34. The summed E-state index contributed by atoms with van der Waals surface area (Å²) in [4.78, 5) is 23.8. The van der Waals surface area contributed by atoms with Crippen molar-refractivity contribution >= 4 is 17.6 Å². The van der Waals surface area contributed by atoms with Gasteiger partial charge in [0.05, 0.1) is 12.7 Å². The Morgan fingerprint density at radius 1 is 1.12 bits per heavy atom. The monoisotopic (exact) mass is 365 g/mol. The molecule has 0 fully saturated rings. The highest BCUT2D eigenvalue weighted by atomic mass is 19.3. The lowest BCUT2D eigenvalue weighted by atomic mass is 10.1. The smallest absolute Gasteiger partial charge is 0.387 e. The van der Waals surface area contributed by atoms with E-state index in [1.54, 1.807) is 12.1 Å². The summed E-state index contributed by atoms with van der Waals surface area (Å²) in [5.74, 6) is -0.730. The molecule has 8 heteroatoms. The maximum Gasteiger partial charge on any atom is 0.387 e. The second kappa shape index (κ2) is 8.80. The molecule has 0 aliphatic rings. The Kier molecular flexibility index (Phi) is 6.48. The third kappa shape index (κ3) is 5.44. The lowest BCUT2D eigenvalue weighted by Crippen LogP contribution is -2.21. The standard InChI is InChI=1S/C18H17F2NO5/c1-11-3-4-12(9-15(11)24-2)17(23)25-10-16(22)21-13-5-7-14(8-6-13)26-18(19)20/h3-9,18H,10H2,1-2H3,(H,21,22). The average Bonchev–Trinajstić information content (AvgIpc) is 2.61. The number of esters is 1. The van der Waals surface area contributed by atoms with E-state index in [0.717, 1.165) is 5.56 Å². The first-order valence-corrected chi connectivity index (χ1v) is 7.55. The SMILES string of the molecule is COc1cc(C(=O)OCC(=O)Nc2ccc(OC(F)F)cc2)ccc1C. The van der Waals surface area contributed by atoms with Crippen molar-refractivity contribution in [3.8, 4) is 11.5 Å². The van der Waals surface area contributed by atoms with E-state index < -0.39 is 25.1 Å². The third-order valence-electron chi connectivity index (χ3n) is 3.34. The molecule has 0 unspecified atom stereocenters. The summed E-state index contributed by atoms with van der Waals surface area (Å²) in [6, 6.07) is 10.2. The number of amides is 1. The summed E-state index contributed by atoms with van der Waals surface area (Å²) in [6.07, 6.45) is 0. The van der Waals surface area contributed by atoms with Gasteiger partial charge in [-0.1, -0.05) is 6.07 Å². The summed E-state index contributed by atoms with van der Waals surface area (Å²) in [7, 11) is 1.49. The maximum absolute atomic E-state index is 12.1. The first-order chi connectivity index (χ1) is 12.4. The fourth-order valence-corrected chi connectivity index (χ4v) is 2.08. The first-order valence-electron chi connectivity index (χ1n) is 7.55. The van der Waals surface area contributed by atoms with Gasteiger partial charge in [0.25, 0.3) is 5.91 Å². The van der Waals surface area contributed by atoms with Crippen LogP contribution in [0, 0.1) is 6.92 Å². The molecule has 0 atom stereocenters. The molecule has 6 nitrogen and oxygen atoms in total. The fourth-order valence-electron chi connectivity index (χ4n) is 2.08. The number of alkyl halides is 2. The molecule has 26 heavy (non-hydrogen) atoms. The Morgan fingerprint density at radius 3 is 2.42 bits per heavy atom. The highest BCUT2D eigenvalue weighted by molar-refractivity contribution is 5.95. The molecule has 0 saturated carbocycles. The van der Waals surface area contributed by atoms with Gasteiger partial charge in [0.15, 0.2) is 6.61 Å². The van der Waals surface area contributed by atoms with Crippen LogP contribution in [0.3, 0.4) is 0 Å². The Bertz CT molecular complexity index is 778. The average molecular weight is 365 g/mol. The highest BCUT2D eigenvalue weighted by Crippen LogP contribution is 2.20. The lowest BCUT2D eigenvalue weighted by Gasteiger charge is -2.09. The van der Waals surface area contributed by atoms with Crippen LogP contribution in [0.5, 0.6) is 11.5 Å². The number of methoxy groups -OCH3 is 1. The van der Waals surface area contributed by atoms with Crippen molar-refractivity contribution in [2.45, 2.75) is 13.5 Å². The minimum Gasteiger partial charge on any atom is -0.496 e. The zero-order valence-electron chi connectivity index (χ0n) is 14.1. The minimum atomic E-state index is -2.92. The molecule has 1 amide bonds. The molecule has 0 aliphatic heterocycles. The van der Waals surface area contributed by atoms with Gasteiger partial charge in [-0.3, -0.25) is 4.79 Å². The molecule has 0 bridgehead atoms. The molecular weight excluding hydrogens is 348 g/mol. The number of ether oxygens (including phenoxy) is 3. The van der Waals surface area contributed by atoms with Crippen molar-refractivity contribution in [3.63, 3.8) is 0 Å². The number of anilines is 1. The Morgan fingerprint density at radius 2 is 1.81 bits per heavy atom. The van der Waals surface area contributed by atoms with Crippen LogP contribution in [0.1, 0.15) is 15.9 Å². The second-order valence-corrected chi connectivity index (χ2v) is 5.21. The van der Waals surface area contributed by atoms with Gasteiger partial charge in [-0.25, -0.2) is 4.79 Å². The topological polar surface area (TPSA) is 73.9 Å². The van der Waals surface area contributed by atoms with Gasteiger partial charge >= 0.3 is 12.6 Å². The van der Waals surface area contributed by atoms with Gasteiger partial charge in [0.2, 0.25) is 0 Å². The van der Waals surface area contributed by atoms with Gasteiger partial charge in [-0.2, -0.15) is 8.78 Å². The number of hydrogen-bond donors (Lipinski definition) is 1. The van der Waals surface area contributed by atoms with E-state index in [2.05, 4.69) is 10.1 Å². The largest absolute Gasteiger partial charge is 0.496 e. The quantitative estimate of drug-likeness (QED) is 0.762. The van der Waals surface area contributed by atoms with Crippen molar-refractivity contribution in [2.24, 2.45) is 0 Å². The van der Waals surface area contributed by atoms with E-state index in [1.165, 1.54) is 37.4 Å². The van der Waals surface area contributed by atoms with Gasteiger partial charge in [-0.15, -0.1) is 0 Å². The van der Waals surface area contributed by atoms with Crippen molar-refractivity contribution < 1.29 is 32.6 Å². The van der Waals surface area contributed by atoms with E-state index in [4.69, 9.17) is 9.47 Å². The molecule has 2 rings (SSSR count). The van der Waals surface area contributed by atoms with Crippen LogP contribution in [0.2, 0.25) is 0 Å². The van der Waals surface area contributed by atoms with Crippen LogP contribution >= 0.6 is 0 Å². The molecule has 0 radical (unpaired) electrons. The number of halogens is 2. The lowest BCUT2D eigenvalue weighted by molar-refractivity contribution is -0.119. The van der Waals surface area contributed by atoms with Crippen LogP contribution in [-0.2, 0) is 9.53 Å². The first kappa shape index (κ1) is 19.2. The molecule has 0 spiro atoms. The highest BCUT2D eigenvalue weighted by Gasteiger charge is 2.12. The number of benzene rings is 2. The predicted octanol–water partition coefficient (Wildman–Crippen LogP) is 3.40. The summed E-state index contributed by atoms with van der Waals surface area (Å²) in [5, 5.41) is 2.48. The van der Waals surface area contributed by atoms with E-state index in [9.17, 15) is 18.4 Å². The van der Waals surface area contributed by atoms with Crippen molar-refractivity contribution in [1.29, 1.82) is 0 Å². The number of rotatable bonds is 7. The number of carbonyl (C=O) groups is 2. The predicted molar refractivity (Wildman–Crippen MR) is 89.7 cm³/mol. The van der Waals surface area contributed by atoms with Gasteiger partial charge in [0.1, 0.15) is 11.5 Å². The number of hydrogen-bond acceptors (Lipinski definition) is 5. The van der Waals surface area contributed by atoms with Crippen molar-refractivity contribution in [1.82, 2.24) is 0 Å². The molecular formula is C18H17F2NO5. The van der Waals surface area contributed by atoms with Gasteiger partial charge < -0.3 is 19.5 Å². The van der Waals surface area contributed by atoms with Crippen LogP contribution in [-0.4, -0.2) is 32.2 Å². The van der Waals surface area contributed by atoms with Crippen molar-refractivity contribution in [3.05, 3.63) is 53.6 Å². The summed E-state index contributed by atoms with van der Waals surface area (Å²) < 4.78 is 38.4. The van der Waals surface area contributed by atoms with E-state index in [1.807, 2.05) is 6.92 Å². The zero-order valence-corrected chi connectivity index (χ0v) is 14.1. The van der Waals surface area contributed by atoms with E-state index in [-0.39, 0.29) is 11.3 Å². The molecule has 0 aromatic heterocycles. The van der Waals surface area contributed by atoms with Gasteiger partial charge in [0, 0.05) is 5.69 Å². The van der Waals surface area contributed by atoms with Crippen LogP contribution in [0.25, 0.3) is 0 Å². The second-order valence-electron chi connectivity index (χ2n) is 5.21. The van der Waals surface area contributed by atoms with E-state index in [0.29, 0.717) is 11.4 Å². The van der Waals surface area contributed by atoms with Crippen LogP contribution in [0.15, 0.2) is 42.5 Å². The fraction of sp³-hybridized carbons (Fsp3) is 0.222. The molecule has 0 heterocycles. The number of aryl methyl sites for hydroxylation is 1. The molecule has 138 valence electrons. The molecule has 2 aromatic carbocycles. The van der Waals surface area contributed by atoms with Crippen LogP contribution < -0.4 is 14.8 Å². The van der Waals surface area contributed by atoms with Gasteiger partial charge in [-0.05, 0) is 48.9 Å². The summed E-state index contributed by atoms with van der Waals surface area (Å²) in [6.45, 7) is -1.58. The minimum absolute atomic E-state index is 0.0299. The maximum atomic E-state index is 12.1. The van der Waals surface area contributed by atoms with E-state index >= 15 is 0 Å². The van der Waals surface area contributed by atoms with Crippen molar-refractivity contribution in [2.75, 3.05) is 19.0 Å². The zero-order chi connectivity index (χ0) is 19.1. The number of nitrogens with one attached hydrogen (secondary N) is 1. The number of carbonyl (C=O) groups excluding carboxylic acids is 2. The molecule has 0 saturated heterocycles. The molecule has 0 aliphatic carbocycles. The Balaban J connectivity index is 1.87. The van der Waals surface area contributed by atoms with Crippen LogP contribution in [0.4, 0.5) is 14.5 Å². The molecule has 1 N–H and O–H groups in total. The Labute approximate surface area is 148 Å². The summed E-state index contributed by atoms with van der Waals surface area (Å²) >= 11 is 0. The summed E-state index contributed by atoms with van der Waals surface area (Å²) in [5.41, 5.74) is 1.47.